The molecule has 2 heterocycles. The van der Waals surface area contributed by atoms with Gasteiger partial charge < -0.3 is 0 Å². The van der Waals surface area contributed by atoms with Crippen LogP contribution in [-0.2, 0) is 13.6 Å². The van der Waals surface area contributed by atoms with Crippen LogP contribution < -0.4 is 0 Å². The van der Waals surface area contributed by atoms with E-state index in [0.29, 0.717) is 12.1 Å². The van der Waals surface area contributed by atoms with Crippen LogP contribution in [0.25, 0.3) is 10.9 Å². The van der Waals surface area contributed by atoms with Gasteiger partial charge in [-0.15, -0.1) is 0 Å². The molecule has 2 aromatic heterocycles. The summed E-state index contributed by atoms with van der Waals surface area (Å²) in [5.74, 6) is 0. The number of rotatable bonds is 3. The highest BCUT2D eigenvalue weighted by Gasteiger charge is 2.08. The van der Waals surface area contributed by atoms with Gasteiger partial charge in [-0.3, -0.25) is 14.2 Å². The second-order valence-electron chi connectivity index (χ2n) is 4.18. The fraction of sp³-hybridized carbons (Fsp3) is 0.154. The molecule has 0 bridgehead atoms. The summed E-state index contributed by atoms with van der Waals surface area (Å²) in [6.07, 6.45) is 4.06. The van der Waals surface area contributed by atoms with Gasteiger partial charge in [0, 0.05) is 18.6 Å². The Labute approximate surface area is 104 Å². The lowest BCUT2D eigenvalue weighted by atomic mass is 10.2. The SMILES string of the molecule is Cn1nc(Cn2cc(C=O)cn2)c2ccccc21. The summed E-state index contributed by atoms with van der Waals surface area (Å²) in [5, 5.41) is 9.74. The lowest BCUT2D eigenvalue weighted by molar-refractivity contribution is 0.112. The molecule has 90 valence electrons. The average molecular weight is 240 g/mol. The monoisotopic (exact) mass is 240 g/mol. The summed E-state index contributed by atoms with van der Waals surface area (Å²) < 4.78 is 3.58. The lowest BCUT2D eigenvalue weighted by Gasteiger charge is -1.97. The summed E-state index contributed by atoms with van der Waals surface area (Å²) >= 11 is 0. The van der Waals surface area contributed by atoms with Gasteiger partial charge in [0.15, 0.2) is 6.29 Å². The van der Waals surface area contributed by atoms with Crippen LogP contribution in [0.5, 0.6) is 0 Å². The Kier molecular flexibility index (Phi) is 2.44. The first-order valence-corrected chi connectivity index (χ1v) is 5.66. The van der Waals surface area contributed by atoms with Gasteiger partial charge in [0.25, 0.3) is 0 Å². The minimum atomic E-state index is 0.565. The van der Waals surface area contributed by atoms with Gasteiger partial charge in [-0.2, -0.15) is 10.2 Å². The van der Waals surface area contributed by atoms with Gasteiger partial charge in [-0.1, -0.05) is 18.2 Å². The third kappa shape index (κ3) is 1.69. The molecule has 18 heavy (non-hydrogen) atoms. The minimum Gasteiger partial charge on any atom is -0.298 e. The van der Waals surface area contributed by atoms with Crippen molar-refractivity contribution in [1.29, 1.82) is 0 Å². The molecule has 0 aliphatic carbocycles. The first-order valence-electron chi connectivity index (χ1n) is 5.66. The Bertz CT molecular complexity index is 711. The second-order valence-corrected chi connectivity index (χ2v) is 4.18. The van der Waals surface area contributed by atoms with Crippen LogP contribution >= 0.6 is 0 Å². The minimum absolute atomic E-state index is 0.565. The molecule has 0 aliphatic rings. The number of hydrogen-bond acceptors (Lipinski definition) is 3. The van der Waals surface area contributed by atoms with E-state index in [0.717, 1.165) is 22.9 Å². The van der Waals surface area contributed by atoms with Gasteiger partial charge in [-0.05, 0) is 6.07 Å². The average Bonchev–Trinajstić information content (AvgIpc) is 2.97. The molecule has 0 spiro atoms. The highest BCUT2D eigenvalue weighted by atomic mass is 16.1. The van der Waals surface area contributed by atoms with E-state index in [-0.39, 0.29) is 0 Å². The summed E-state index contributed by atoms with van der Waals surface area (Å²) in [5.41, 5.74) is 2.62. The van der Waals surface area contributed by atoms with Crippen molar-refractivity contribution in [2.45, 2.75) is 6.54 Å². The van der Waals surface area contributed by atoms with Crippen molar-refractivity contribution in [2.24, 2.45) is 7.05 Å². The van der Waals surface area contributed by atoms with Gasteiger partial charge in [0.2, 0.25) is 0 Å². The van der Waals surface area contributed by atoms with Gasteiger partial charge in [-0.25, -0.2) is 0 Å². The predicted molar refractivity (Wildman–Crippen MR) is 67.4 cm³/mol. The Morgan fingerprint density at radius 3 is 2.94 bits per heavy atom. The molecule has 3 rings (SSSR count). The number of nitrogens with zero attached hydrogens (tertiary/aromatic N) is 4. The molecule has 1 aromatic carbocycles. The predicted octanol–water partition coefficient (Wildman–Crippen LogP) is 1.63. The summed E-state index contributed by atoms with van der Waals surface area (Å²) in [7, 11) is 1.92. The van der Waals surface area contributed by atoms with Gasteiger partial charge in [0.1, 0.15) is 0 Å². The summed E-state index contributed by atoms with van der Waals surface area (Å²) in [6, 6.07) is 8.06. The molecule has 0 radical (unpaired) electrons. The van der Waals surface area contributed by atoms with Crippen LogP contribution in [0.1, 0.15) is 16.1 Å². The number of carbonyl (C=O) groups is 1. The van der Waals surface area contributed by atoms with E-state index in [4.69, 9.17) is 0 Å². The molecule has 0 atom stereocenters. The highest BCUT2D eigenvalue weighted by Crippen LogP contribution is 2.18. The first-order chi connectivity index (χ1) is 8.78. The third-order valence-corrected chi connectivity index (χ3v) is 2.94. The third-order valence-electron chi connectivity index (χ3n) is 2.94. The van der Waals surface area contributed by atoms with Crippen LogP contribution in [0.4, 0.5) is 0 Å². The molecule has 5 heteroatoms. The molecule has 5 nitrogen and oxygen atoms in total. The fourth-order valence-corrected chi connectivity index (χ4v) is 2.09. The molecule has 0 saturated heterocycles. The van der Waals surface area contributed by atoms with Crippen molar-refractivity contribution < 1.29 is 4.79 Å². The lowest BCUT2D eigenvalue weighted by Crippen LogP contribution is -2.01. The molecule has 0 saturated carbocycles. The standard InChI is InChI=1S/C13H12N4O/c1-16-13-5-3-2-4-11(13)12(15-16)8-17-7-10(9-18)6-14-17/h2-7,9H,8H2,1H3. The van der Waals surface area contributed by atoms with Crippen molar-refractivity contribution in [3.8, 4) is 0 Å². The van der Waals surface area contributed by atoms with E-state index in [1.807, 2.05) is 36.0 Å². The summed E-state index contributed by atoms with van der Waals surface area (Å²) in [6.45, 7) is 0.565. The zero-order valence-electron chi connectivity index (χ0n) is 9.95. The number of aromatic nitrogens is 4. The summed E-state index contributed by atoms with van der Waals surface area (Å²) in [4.78, 5) is 10.6. The first kappa shape index (κ1) is 10.7. The zero-order chi connectivity index (χ0) is 12.5. The van der Waals surface area contributed by atoms with Crippen LogP contribution in [0.15, 0.2) is 36.7 Å². The normalized spacial score (nSPS) is 10.9. The van der Waals surface area contributed by atoms with Gasteiger partial charge in [0.05, 0.1) is 29.5 Å². The van der Waals surface area contributed by atoms with Crippen LogP contribution in [0.2, 0.25) is 0 Å². The zero-order valence-corrected chi connectivity index (χ0v) is 9.95. The molecule has 0 unspecified atom stereocenters. The van der Waals surface area contributed by atoms with E-state index >= 15 is 0 Å². The van der Waals surface area contributed by atoms with Crippen molar-refractivity contribution in [1.82, 2.24) is 19.6 Å². The largest absolute Gasteiger partial charge is 0.298 e. The van der Waals surface area contributed by atoms with Crippen molar-refractivity contribution >= 4 is 17.2 Å². The van der Waals surface area contributed by atoms with Crippen LogP contribution in [-0.4, -0.2) is 25.8 Å². The number of aldehydes is 1. The topological polar surface area (TPSA) is 52.7 Å². The van der Waals surface area contributed by atoms with Gasteiger partial charge >= 0.3 is 0 Å². The molecule has 0 fully saturated rings. The Balaban J connectivity index is 2.02. The van der Waals surface area contributed by atoms with Crippen molar-refractivity contribution in [3.05, 3.63) is 47.9 Å². The number of aryl methyl sites for hydroxylation is 1. The van der Waals surface area contributed by atoms with E-state index in [9.17, 15) is 4.79 Å². The molecule has 0 amide bonds. The van der Waals surface area contributed by atoms with Crippen LogP contribution in [0, 0.1) is 0 Å². The van der Waals surface area contributed by atoms with Crippen molar-refractivity contribution in [2.75, 3.05) is 0 Å². The molecule has 3 aromatic rings. The van der Waals surface area contributed by atoms with E-state index in [1.165, 1.54) is 0 Å². The van der Waals surface area contributed by atoms with E-state index < -0.39 is 0 Å². The maximum absolute atomic E-state index is 10.6. The van der Waals surface area contributed by atoms with E-state index in [2.05, 4.69) is 10.2 Å². The quantitative estimate of drug-likeness (QED) is 0.654. The number of para-hydroxylation sites is 1. The second kappa shape index (κ2) is 4.10. The fourth-order valence-electron chi connectivity index (χ4n) is 2.09. The number of benzene rings is 1. The number of carbonyl (C=O) groups excluding carboxylic acids is 1. The number of fused-ring (bicyclic) bond motifs is 1. The van der Waals surface area contributed by atoms with Crippen LogP contribution in [0.3, 0.4) is 0 Å². The Morgan fingerprint density at radius 1 is 1.33 bits per heavy atom. The Morgan fingerprint density at radius 2 is 2.17 bits per heavy atom. The van der Waals surface area contributed by atoms with Crippen molar-refractivity contribution in [3.63, 3.8) is 0 Å². The maximum Gasteiger partial charge on any atom is 0.153 e. The molecular formula is C13H12N4O. The molecular weight excluding hydrogens is 228 g/mol. The smallest absolute Gasteiger partial charge is 0.153 e. The molecule has 0 aliphatic heterocycles. The maximum atomic E-state index is 10.6. The highest BCUT2D eigenvalue weighted by molar-refractivity contribution is 5.81. The molecule has 0 N–H and O–H groups in total. The number of hydrogen-bond donors (Lipinski definition) is 0. The van der Waals surface area contributed by atoms with E-state index in [1.54, 1.807) is 17.1 Å². The Hall–Kier alpha value is -2.43.